The van der Waals surface area contributed by atoms with Crippen molar-refractivity contribution < 1.29 is 23.1 Å². The van der Waals surface area contributed by atoms with E-state index in [-0.39, 0.29) is 31.0 Å². The number of likely N-dealkylation sites (tertiary alicyclic amines) is 2. The summed E-state index contributed by atoms with van der Waals surface area (Å²) >= 11 is 0. The first-order valence-corrected chi connectivity index (χ1v) is 10.7. The number of allylic oxidation sites excluding steroid dienone is 1. The molecule has 1 saturated carbocycles. The van der Waals surface area contributed by atoms with Crippen molar-refractivity contribution in [2.45, 2.75) is 56.3 Å². The first kappa shape index (κ1) is 21.4. The SMILES string of the molecule is C/C=C/c1ccc([C@H]2[C@@H](CO)N(CCC(F)(F)F)C23CN(C(=O)CC2CC2)C3)cc1. The zero-order valence-electron chi connectivity index (χ0n) is 17.2. The molecule has 4 nitrogen and oxygen atoms in total. The Labute approximate surface area is 175 Å². The fourth-order valence-electron chi connectivity index (χ4n) is 5.21. The van der Waals surface area contributed by atoms with Crippen LogP contribution in [0.25, 0.3) is 6.08 Å². The molecule has 3 fully saturated rings. The molecule has 164 valence electrons. The first-order chi connectivity index (χ1) is 14.3. The van der Waals surface area contributed by atoms with E-state index in [1.165, 1.54) is 0 Å². The number of hydrogen-bond donors (Lipinski definition) is 1. The molecule has 7 heteroatoms. The Morgan fingerprint density at radius 1 is 1.23 bits per heavy atom. The van der Waals surface area contributed by atoms with Crippen LogP contribution in [0.2, 0.25) is 0 Å². The Morgan fingerprint density at radius 2 is 1.90 bits per heavy atom. The van der Waals surface area contributed by atoms with E-state index in [2.05, 4.69) is 0 Å². The van der Waals surface area contributed by atoms with Crippen molar-refractivity contribution in [3.05, 3.63) is 41.5 Å². The maximum atomic E-state index is 12.9. The topological polar surface area (TPSA) is 43.8 Å². The van der Waals surface area contributed by atoms with E-state index in [1.807, 2.05) is 43.3 Å². The molecule has 1 aromatic carbocycles. The first-order valence-electron chi connectivity index (χ1n) is 10.7. The maximum Gasteiger partial charge on any atom is 0.390 e. The second kappa shape index (κ2) is 8.00. The summed E-state index contributed by atoms with van der Waals surface area (Å²) < 4.78 is 38.7. The molecular formula is C23H29F3N2O2. The number of nitrogens with zero attached hydrogens (tertiary/aromatic N) is 2. The number of benzene rings is 1. The van der Waals surface area contributed by atoms with E-state index in [9.17, 15) is 23.1 Å². The highest BCUT2D eigenvalue weighted by Gasteiger charge is 2.66. The van der Waals surface area contributed by atoms with Gasteiger partial charge in [0.05, 0.1) is 18.6 Å². The lowest BCUT2D eigenvalue weighted by molar-refractivity contribution is -0.210. The predicted molar refractivity (Wildman–Crippen MR) is 109 cm³/mol. The number of aliphatic hydroxyl groups is 1. The van der Waals surface area contributed by atoms with Crippen molar-refractivity contribution >= 4 is 12.0 Å². The van der Waals surface area contributed by atoms with E-state index >= 15 is 0 Å². The maximum absolute atomic E-state index is 12.9. The lowest BCUT2D eigenvalue weighted by Crippen LogP contribution is -2.85. The van der Waals surface area contributed by atoms with Gasteiger partial charge < -0.3 is 10.0 Å². The number of carbonyl (C=O) groups is 1. The third kappa shape index (κ3) is 4.02. The van der Waals surface area contributed by atoms with Crippen LogP contribution >= 0.6 is 0 Å². The predicted octanol–water partition coefficient (Wildman–Crippen LogP) is 3.81. The van der Waals surface area contributed by atoms with Crippen LogP contribution < -0.4 is 0 Å². The number of carbonyl (C=O) groups excluding carboxylic acids is 1. The number of aliphatic hydroxyl groups excluding tert-OH is 1. The molecule has 2 atom stereocenters. The van der Waals surface area contributed by atoms with Crippen molar-refractivity contribution in [1.82, 2.24) is 9.80 Å². The average molecular weight is 422 g/mol. The molecule has 0 bridgehead atoms. The van der Waals surface area contributed by atoms with Crippen molar-refractivity contribution in [2.24, 2.45) is 5.92 Å². The summed E-state index contributed by atoms with van der Waals surface area (Å²) in [5, 5.41) is 10.00. The molecule has 1 N–H and O–H groups in total. The Bertz CT molecular complexity index is 796. The summed E-state index contributed by atoms with van der Waals surface area (Å²) in [4.78, 5) is 16.1. The van der Waals surface area contributed by atoms with Gasteiger partial charge in [-0.05, 0) is 36.8 Å². The molecule has 0 aromatic heterocycles. The Balaban J connectivity index is 1.54. The van der Waals surface area contributed by atoms with Gasteiger partial charge in [-0.3, -0.25) is 9.69 Å². The summed E-state index contributed by atoms with van der Waals surface area (Å²) in [6.45, 7) is 2.47. The van der Waals surface area contributed by atoms with Crippen LogP contribution in [0.4, 0.5) is 13.2 Å². The monoisotopic (exact) mass is 422 g/mol. The van der Waals surface area contributed by atoms with Crippen LogP contribution in [-0.2, 0) is 4.79 Å². The van der Waals surface area contributed by atoms with Gasteiger partial charge in [-0.2, -0.15) is 13.2 Å². The fourth-order valence-corrected chi connectivity index (χ4v) is 5.21. The molecule has 4 rings (SSSR count). The quantitative estimate of drug-likeness (QED) is 0.727. The highest BCUT2D eigenvalue weighted by molar-refractivity contribution is 5.78. The van der Waals surface area contributed by atoms with Gasteiger partial charge >= 0.3 is 6.18 Å². The van der Waals surface area contributed by atoms with E-state index in [1.54, 1.807) is 9.80 Å². The van der Waals surface area contributed by atoms with E-state index in [0.717, 1.165) is 24.0 Å². The Hall–Kier alpha value is -1.86. The number of halogens is 3. The Kier molecular flexibility index (Phi) is 5.70. The molecule has 2 aliphatic heterocycles. The molecule has 3 aliphatic rings. The fraction of sp³-hybridized carbons (Fsp3) is 0.609. The summed E-state index contributed by atoms with van der Waals surface area (Å²) in [5.41, 5.74) is 1.55. The van der Waals surface area contributed by atoms with Crippen molar-refractivity contribution in [3.63, 3.8) is 0 Å². The van der Waals surface area contributed by atoms with Gasteiger partial charge in [0, 0.05) is 38.0 Å². The molecular weight excluding hydrogens is 393 g/mol. The number of rotatable bonds is 7. The van der Waals surface area contributed by atoms with Crippen molar-refractivity contribution in [1.29, 1.82) is 0 Å². The standard InChI is InChI=1S/C23H29F3N2O2/c1-2-3-16-6-8-18(9-7-16)21-19(13-29)28(11-10-23(24,25)26)22(21)14-27(15-22)20(30)12-17-4-5-17/h2-3,6-9,17,19,21,29H,4-5,10-15H2,1H3/b3-2+/t19-,21+/m1/s1. The molecule has 0 unspecified atom stereocenters. The molecule has 30 heavy (non-hydrogen) atoms. The lowest BCUT2D eigenvalue weighted by Gasteiger charge is -2.71. The number of alkyl halides is 3. The van der Waals surface area contributed by atoms with Gasteiger partial charge in [0.25, 0.3) is 0 Å². The minimum absolute atomic E-state index is 0.0830. The van der Waals surface area contributed by atoms with Crippen LogP contribution in [0.1, 0.15) is 49.7 Å². The van der Waals surface area contributed by atoms with E-state index < -0.39 is 18.1 Å². The molecule has 1 aromatic rings. The minimum atomic E-state index is -4.24. The highest BCUT2D eigenvalue weighted by atomic mass is 19.4. The van der Waals surface area contributed by atoms with Crippen LogP contribution in [0.3, 0.4) is 0 Å². The van der Waals surface area contributed by atoms with Crippen LogP contribution in [-0.4, -0.2) is 64.8 Å². The molecule has 2 saturated heterocycles. The van der Waals surface area contributed by atoms with Gasteiger partial charge in [-0.15, -0.1) is 0 Å². The van der Waals surface area contributed by atoms with Crippen LogP contribution in [0, 0.1) is 5.92 Å². The number of hydrogen-bond acceptors (Lipinski definition) is 3. The average Bonchev–Trinajstić information content (AvgIpc) is 3.44. The summed E-state index contributed by atoms with van der Waals surface area (Å²) in [7, 11) is 0. The molecule has 1 amide bonds. The van der Waals surface area contributed by atoms with E-state index in [4.69, 9.17) is 0 Å². The van der Waals surface area contributed by atoms with Crippen molar-refractivity contribution in [2.75, 3.05) is 26.2 Å². The third-order valence-corrected chi connectivity index (χ3v) is 6.86. The molecule has 2 heterocycles. The van der Waals surface area contributed by atoms with Crippen molar-refractivity contribution in [3.8, 4) is 0 Å². The Morgan fingerprint density at radius 3 is 2.43 bits per heavy atom. The second-order valence-corrected chi connectivity index (χ2v) is 8.95. The van der Waals surface area contributed by atoms with Crippen LogP contribution in [0.5, 0.6) is 0 Å². The van der Waals surface area contributed by atoms with Gasteiger partial charge in [0.2, 0.25) is 5.91 Å². The van der Waals surface area contributed by atoms with Crippen LogP contribution in [0.15, 0.2) is 30.3 Å². The summed E-state index contributed by atoms with van der Waals surface area (Å²) in [5.74, 6) is 0.505. The second-order valence-electron chi connectivity index (χ2n) is 8.95. The minimum Gasteiger partial charge on any atom is -0.395 e. The molecule has 0 radical (unpaired) electrons. The normalized spacial score (nSPS) is 26.1. The number of amides is 1. The smallest absolute Gasteiger partial charge is 0.390 e. The van der Waals surface area contributed by atoms with Gasteiger partial charge in [-0.1, -0.05) is 36.4 Å². The summed E-state index contributed by atoms with van der Waals surface area (Å²) in [6.07, 6.45) is 1.52. The van der Waals surface area contributed by atoms with Gasteiger partial charge in [-0.25, -0.2) is 0 Å². The van der Waals surface area contributed by atoms with E-state index in [0.29, 0.717) is 25.4 Å². The largest absolute Gasteiger partial charge is 0.395 e. The lowest BCUT2D eigenvalue weighted by atomic mass is 9.60. The third-order valence-electron chi connectivity index (χ3n) is 6.86. The van der Waals surface area contributed by atoms with Gasteiger partial charge in [0.1, 0.15) is 0 Å². The van der Waals surface area contributed by atoms with Gasteiger partial charge in [0.15, 0.2) is 0 Å². The summed E-state index contributed by atoms with van der Waals surface area (Å²) in [6, 6.07) is 7.62. The molecule has 1 aliphatic carbocycles. The zero-order valence-corrected chi connectivity index (χ0v) is 17.2. The highest BCUT2D eigenvalue weighted by Crippen LogP contribution is 2.54. The zero-order chi connectivity index (χ0) is 21.5. The molecule has 1 spiro atoms.